The van der Waals surface area contributed by atoms with Crippen molar-refractivity contribution in [3.8, 4) is 0 Å². The second-order valence-electron chi connectivity index (χ2n) is 5.81. The maximum atomic E-state index is 11.9. The van der Waals surface area contributed by atoms with Crippen LogP contribution in [0.1, 0.15) is 45.4 Å². The van der Waals surface area contributed by atoms with Gasteiger partial charge in [0.05, 0.1) is 0 Å². The summed E-state index contributed by atoms with van der Waals surface area (Å²) in [5, 5.41) is 9.24. The fraction of sp³-hybridized carbons (Fsp3) is 0.857. The highest BCUT2D eigenvalue weighted by Crippen LogP contribution is 2.18. The summed E-state index contributed by atoms with van der Waals surface area (Å²) in [5.74, 6) is 0.403. The molecule has 1 aliphatic heterocycles. The molecule has 1 aliphatic carbocycles. The van der Waals surface area contributed by atoms with E-state index in [-0.39, 0.29) is 17.7 Å². The van der Waals surface area contributed by atoms with E-state index in [0.29, 0.717) is 25.0 Å². The lowest BCUT2D eigenvalue weighted by molar-refractivity contribution is -0.126. The van der Waals surface area contributed by atoms with Crippen LogP contribution in [0.25, 0.3) is 0 Å². The largest absolute Gasteiger partial charge is 0.356 e. The minimum Gasteiger partial charge on any atom is -0.356 e. The van der Waals surface area contributed by atoms with Crippen LogP contribution in [0.4, 0.5) is 0 Å². The number of carbonyl (C=O) groups excluding carboxylic acids is 2. The zero-order valence-electron chi connectivity index (χ0n) is 11.7. The van der Waals surface area contributed by atoms with Crippen LogP contribution in [0.5, 0.6) is 0 Å². The number of rotatable bonds is 6. The molecule has 1 saturated carbocycles. The number of nitrogens with one attached hydrogen (secondary N) is 3. The summed E-state index contributed by atoms with van der Waals surface area (Å²) in [6.45, 7) is 3.64. The Balaban J connectivity index is 1.54. The Bertz CT molecular complexity index is 329. The van der Waals surface area contributed by atoms with Gasteiger partial charge in [-0.05, 0) is 45.6 Å². The Kier molecular flexibility index (Phi) is 5.19. The summed E-state index contributed by atoms with van der Waals surface area (Å²) in [4.78, 5) is 23.4. The average molecular weight is 267 g/mol. The molecule has 2 rings (SSSR count). The highest BCUT2D eigenvalue weighted by Gasteiger charge is 2.24. The lowest BCUT2D eigenvalue weighted by Gasteiger charge is -2.27. The molecule has 3 N–H and O–H groups in total. The molecule has 2 amide bonds. The smallest absolute Gasteiger partial charge is 0.223 e. The molecular formula is C14H25N3O2. The van der Waals surface area contributed by atoms with Gasteiger partial charge in [0, 0.05) is 31.0 Å². The monoisotopic (exact) mass is 267 g/mol. The van der Waals surface area contributed by atoms with Gasteiger partial charge in [-0.2, -0.15) is 0 Å². The van der Waals surface area contributed by atoms with Gasteiger partial charge >= 0.3 is 0 Å². The van der Waals surface area contributed by atoms with Crippen molar-refractivity contribution in [2.75, 3.05) is 13.1 Å². The lowest BCUT2D eigenvalue weighted by atomic mass is 9.92. The van der Waals surface area contributed by atoms with E-state index < -0.39 is 0 Å². The highest BCUT2D eigenvalue weighted by atomic mass is 16.2. The van der Waals surface area contributed by atoms with Crippen molar-refractivity contribution in [2.45, 2.75) is 57.5 Å². The maximum Gasteiger partial charge on any atom is 0.223 e. The maximum absolute atomic E-state index is 11.9. The fourth-order valence-electron chi connectivity index (χ4n) is 2.50. The number of piperidine rings is 1. The van der Waals surface area contributed by atoms with Gasteiger partial charge in [-0.1, -0.05) is 0 Å². The molecule has 0 aromatic heterocycles. The Morgan fingerprint density at radius 3 is 2.74 bits per heavy atom. The van der Waals surface area contributed by atoms with Crippen LogP contribution in [-0.2, 0) is 9.59 Å². The zero-order valence-corrected chi connectivity index (χ0v) is 11.7. The minimum absolute atomic E-state index is 0.118. The van der Waals surface area contributed by atoms with E-state index in [9.17, 15) is 9.59 Å². The van der Waals surface area contributed by atoms with E-state index >= 15 is 0 Å². The summed E-state index contributed by atoms with van der Waals surface area (Å²) in [7, 11) is 0. The van der Waals surface area contributed by atoms with Crippen molar-refractivity contribution in [1.82, 2.24) is 16.0 Å². The van der Waals surface area contributed by atoms with Crippen molar-refractivity contribution in [3.05, 3.63) is 0 Å². The molecule has 5 heteroatoms. The van der Waals surface area contributed by atoms with E-state index in [4.69, 9.17) is 0 Å². The van der Waals surface area contributed by atoms with Gasteiger partial charge in [-0.3, -0.25) is 9.59 Å². The van der Waals surface area contributed by atoms with Crippen LogP contribution in [0.2, 0.25) is 0 Å². The molecule has 2 unspecified atom stereocenters. The van der Waals surface area contributed by atoms with Gasteiger partial charge in [0.1, 0.15) is 0 Å². The molecule has 19 heavy (non-hydrogen) atoms. The van der Waals surface area contributed by atoms with Crippen molar-refractivity contribution >= 4 is 11.8 Å². The molecule has 0 bridgehead atoms. The Morgan fingerprint density at radius 1 is 1.26 bits per heavy atom. The van der Waals surface area contributed by atoms with Crippen LogP contribution in [-0.4, -0.2) is 37.0 Å². The molecule has 2 aliphatic rings. The predicted octanol–water partition coefficient (Wildman–Crippen LogP) is 0.550. The van der Waals surface area contributed by atoms with Gasteiger partial charge in [0.25, 0.3) is 0 Å². The summed E-state index contributed by atoms with van der Waals surface area (Å²) >= 11 is 0. The fourth-order valence-corrected chi connectivity index (χ4v) is 2.50. The second kappa shape index (κ2) is 6.89. The number of carbonyl (C=O) groups is 2. The molecular weight excluding hydrogens is 242 g/mol. The molecule has 2 atom stereocenters. The van der Waals surface area contributed by atoms with E-state index in [1.807, 2.05) is 0 Å². The van der Waals surface area contributed by atoms with E-state index in [0.717, 1.165) is 38.6 Å². The Morgan fingerprint density at radius 2 is 2.05 bits per heavy atom. The summed E-state index contributed by atoms with van der Waals surface area (Å²) in [6, 6.07) is 0.854. The van der Waals surface area contributed by atoms with Crippen molar-refractivity contribution < 1.29 is 9.59 Å². The van der Waals surface area contributed by atoms with Crippen LogP contribution >= 0.6 is 0 Å². The van der Waals surface area contributed by atoms with Crippen LogP contribution in [0, 0.1) is 5.92 Å². The van der Waals surface area contributed by atoms with Crippen LogP contribution in [0.3, 0.4) is 0 Å². The van der Waals surface area contributed by atoms with Crippen molar-refractivity contribution in [3.63, 3.8) is 0 Å². The topological polar surface area (TPSA) is 70.2 Å². The third kappa shape index (κ3) is 5.19. The van der Waals surface area contributed by atoms with Gasteiger partial charge in [0.2, 0.25) is 11.8 Å². The number of hydrogen-bond acceptors (Lipinski definition) is 3. The molecule has 2 fully saturated rings. The van der Waals surface area contributed by atoms with Gasteiger partial charge in [-0.15, -0.1) is 0 Å². The zero-order chi connectivity index (χ0) is 13.7. The van der Waals surface area contributed by atoms with Crippen LogP contribution in [0.15, 0.2) is 0 Å². The highest BCUT2D eigenvalue weighted by molar-refractivity contribution is 5.79. The van der Waals surface area contributed by atoms with Gasteiger partial charge in [0.15, 0.2) is 0 Å². The molecule has 5 nitrogen and oxygen atoms in total. The average Bonchev–Trinajstić information content (AvgIpc) is 3.18. The summed E-state index contributed by atoms with van der Waals surface area (Å²) in [5.41, 5.74) is 0. The standard InChI is InChI=1S/C14H25N3O2/c1-10-9-11(6-8-15-10)14(19)16-7-2-3-13(18)17-12-4-5-12/h10-12,15H,2-9H2,1H3,(H,16,19)(H,17,18). The summed E-state index contributed by atoms with van der Waals surface area (Å²) < 4.78 is 0. The molecule has 108 valence electrons. The van der Waals surface area contributed by atoms with E-state index in [1.54, 1.807) is 0 Å². The molecule has 0 radical (unpaired) electrons. The van der Waals surface area contributed by atoms with Crippen LogP contribution < -0.4 is 16.0 Å². The first kappa shape index (κ1) is 14.3. The Labute approximate surface area is 114 Å². The minimum atomic E-state index is 0.118. The molecule has 1 heterocycles. The molecule has 0 spiro atoms. The van der Waals surface area contributed by atoms with Crippen molar-refractivity contribution in [1.29, 1.82) is 0 Å². The SMILES string of the molecule is CC1CC(C(=O)NCCCC(=O)NC2CC2)CCN1. The Hall–Kier alpha value is -1.10. The van der Waals surface area contributed by atoms with Gasteiger partial charge in [-0.25, -0.2) is 0 Å². The first-order valence-electron chi connectivity index (χ1n) is 7.45. The van der Waals surface area contributed by atoms with E-state index in [2.05, 4.69) is 22.9 Å². The van der Waals surface area contributed by atoms with E-state index in [1.165, 1.54) is 0 Å². The number of amides is 2. The summed E-state index contributed by atoms with van der Waals surface area (Å²) in [6.07, 6.45) is 5.31. The molecule has 0 aromatic rings. The second-order valence-corrected chi connectivity index (χ2v) is 5.81. The lowest BCUT2D eigenvalue weighted by Crippen LogP contribution is -2.42. The molecule has 0 aromatic carbocycles. The third-order valence-corrected chi connectivity index (χ3v) is 3.82. The normalized spacial score (nSPS) is 26.8. The first-order valence-corrected chi connectivity index (χ1v) is 7.45. The molecule has 1 saturated heterocycles. The van der Waals surface area contributed by atoms with Gasteiger partial charge < -0.3 is 16.0 Å². The first-order chi connectivity index (χ1) is 9.15. The quantitative estimate of drug-likeness (QED) is 0.616. The third-order valence-electron chi connectivity index (χ3n) is 3.82. The van der Waals surface area contributed by atoms with Crippen molar-refractivity contribution in [2.24, 2.45) is 5.92 Å². The number of hydrogen-bond donors (Lipinski definition) is 3. The predicted molar refractivity (Wildman–Crippen MR) is 73.6 cm³/mol.